The number of benzene rings is 1. The molecule has 2 atom stereocenters. The van der Waals surface area contributed by atoms with Crippen molar-refractivity contribution in [1.82, 2.24) is 4.90 Å². The summed E-state index contributed by atoms with van der Waals surface area (Å²) < 4.78 is 0. The average Bonchev–Trinajstić information content (AvgIpc) is 2.33. The molecule has 0 saturated carbocycles. The van der Waals surface area contributed by atoms with Crippen LogP contribution in [-0.2, 0) is 0 Å². The Labute approximate surface area is 115 Å². The van der Waals surface area contributed by atoms with Crippen molar-refractivity contribution in [3.8, 4) is 0 Å². The van der Waals surface area contributed by atoms with E-state index in [0.29, 0.717) is 12.6 Å². The normalized spacial score (nSPS) is 23.0. The van der Waals surface area contributed by atoms with E-state index in [0.717, 1.165) is 18.3 Å². The van der Waals surface area contributed by atoms with E-state index in [9.17, 15) is 0 Å². The van der Waals surface area contributed by atoms with Gasteiger partial charge < -0.3 is 5.73 Å². The van der Waals surface area contributed by atoms with E-state index in [-0.39, 0.29) is 0 Å². The van der Waals surface area contributed by atoms with E-state index in [2.05, 4.69) is 55.6 Å². The van der Waals surface area contributed by atoms with Crippen LogP contribution < -0.4 is 5.73 Å². The van der Waals surface area contributed by atoms with Gasteiger partial charge in [0.05, 0.1) is 0 Å². The van der Waals surface area contributed by atoms with Crippen LogP contribution in [0.2, 0.25) is 0 Å². The Kier molecular flexibility index (Phi) is 4.71. The number of rotatable bonds is 3. The van der Waals surface area contributed by atoms with Crippen molar-refractivity contribution in [2.45, 2.75) is 32.1 Å². The second kappa shape index (κ2) is 6.09. The van der Waals surface area contributed by atoms with E-state index >= 15 is 0 Å². The lowest BCUT2D eigenvalue weighted by Crippen LogP contribution is -2.42. The summed E-state index contributed by atoms with van der Waals surface area (Å²) in [5, 5.41) is 0.721. The van der Waals surface area contributed by atoms with Gasteiger partial charge in [-0.25, -0.2) is 0 Å². The molecule has 0 aromatic heterocycles. The third kappa shape index (κ3) is 3.08. The van der Waals surface area contributed by atoms with Crippen LogP contribution in [0, 0.1) is 13.8 Å². The number of nitrogens with zero attached hydrogens (tertiary/aromatic N) is 1. The third-order valence-corrected chi connectivity index (χ3v) is 4.86. The van der Waals surface area contributed by atoms with Crippen LogP contribution in [0.5, 0.6) is 0 Å². The highest BCUT2D eigenvalue weighted by Gasteiger charge is 2.25. The quantitative estimate of drug-likeness (QED) is 0.910. The lowest BCUT2D eigenvalue weighted by atomic mass is 9.98. The highest BCUT2D eigenvalue weighted by Crippen LogP contribution is 2.28. The fourth-order valence-corrected chi connectivity index (χ4v) is 3.84. The highest BCUT2D eigenvalue weighted by molar-refractivity contribution is 7.99. The molecule has 18 heavy (non-hydrogen) atoms. The zero-order chi connectivity index (χ0) is 13.1. The number of aryl methyl sites for hydroxylation is 2. The monoisotopic (exact) mass is 264 g/mol. The first kappa shape index (κ1) is 13.9. The van der Waals surface area contributed by atoms with Crippen molar-refractivity contribution in [3.63, 3.8) is 0 Å². The standard InChI is InChI=1S/C15H24N2S/c1-11-4-5-14(12(2)8-11)15(9-16)17-6-7-18-13(3)10-17/h4-5,8,13,15H,6-7,9-10,16H2,1-3H3. The third-order valence-electron chi connectivity index (χ3n) is 3.72. The van der Waals surface area contributed by atoms with Crippen molar-refractivity contribution in [2.24, 2.45) is 5.73 Å². The maximum Gasteiger partial charge on any atom is 0.0473 e. The first-order chi connectivity index (χ1) is 8.61. The summed E-state index contributed by atoms with van der Waals surface area (Å²) in [6.45, 7) is 9.68. The van der Waals surface area contributed by atoms with Crippen LogP contribution in [0.4, 0.5) is 0 Å². The molecule has 2 unspecified atom stereocenters. The molecule has 1 aliphatic rings. The van der Waals surface area contributed by atoms with E-state index < -0.39 is 0 Å². The first-order valence-electron chi connectivity index (χ1n) is 6.74. The Morgan fingerprint density at radius 1 is 1.44 bits per heavy atom. The van der Waals surface area contributed by atoms with Gasteiger partial charge in [0.15, 0.2) is 0 Å². The van der Waals surface area contributed by atoms with E-state index in [1.54, 1.807) is 0 Å². The van der Waals surface area contributed by atoms with Crippen LogP contribution in [0.3, 0.4) is 0 Å². The highest BCUT2D eigenvalue weighted by atomic mass is 32.2. The molecular formula is C15H24N2S. The van der Waals surface area contributed by atoms with Crippen molar-refractivity contribution in [3.05, 3.63) is 34.9 Å². The summed E-state index contributed by atoms with van der Waals surface area (Å²) in [6, 6.07) is 7.11. The molecule has 0 radical (unpaired) electrons. The van der Waals surface area contributed by atoms with E-state index in [4.69, 9.17) is 5.73 Å². The molecule has 2 rings (SSSR count). The lowest BCUT2D eigenvalue weighted by Gasteiger charge is -2.37. The number of thioether (sulfide) groups is 1. The summed E-state index contributed by atoms with van der Waals surface area (Å²) in [5.74, 6) is 1.22. The molecular weight excluding hydrogens is 240 g/mol. The summed E-state index contributed by atoms with van der Waals surface area (Å²) in [4.78, 5) is 2.55. The molecule has 1 aromatic rings. The van der Waals surface area contributed by atoms with Crippen LogP contribution in [-0.4, -0.2) is 35.5 Å². The van der Waals surface area contributed by atoms with Crippen molar-refractivity contribution in [2.75, 3.05) is 25.4 Å². The van der Waals surface area contributed by atoms with Crippen LogP contribution in [0.1, 0.15) is 29.7 Å². The Morgan fingerprint density at radius 3 is 2.83 bits per heavy atom. The first-order valence-corrected chi connectivity index (χ1v) is 7.79. The van der Waals surface area contributed by atoms with Crippen molar-refractivity contribution in [1.29, 1.82) is 0 Å². The minimum Gasteiger partial charge on any atom is -0.329 e. The van der Waals surface area contributed by atoms with E-state index in [1.807, 2.05) is 0 Å². The summed E-state index contributed by atoms with van der Waals surface area (Å²) in [7, 11) is 0. The lowest BCUT2D eigenvalue weighted by molar-refractivity contribution is 0.210. The fraction of sp³-hybridized carbons (Fsp3) is 0.600. The van der Waals surface area contributed by atoms with Gasteiger partial charge in [-0.05, 0) is 25.0 Å². The summed E-state index contributed by atoms with van der Waals surface area (Å²) in [5.41, 5.74) is 10.1. The van der Waals surface area contributed by atoms with E-state index in [1.165, 1.54) is 22.4 Å². The van der Waals surface area contributed by atoms with Gasteiger partial charge in [0.1, 0.15) is 0 Å². The molecule has 3 heteroatoms. The maximum absolute atomic E-state index is 6.04. The van der Waals surface area contributed by atoms with Gasteiger partial charge in [0, 0.05) is 36.7 Å². The predicted molar refractivity (Wildman–Crippen MR) is 81.2 cm³/mol. The smallest absolute Gasteiger partial charge is 0.0473 e. The molecule has 2 nitrogen and oxygen atoms in total. The molecule has 1 aromatic carbocycles. The zero-order valence-corrected chi connectivity index (χ0v) is 12.5. The number of hydrogen-bond acceptors (Lipinski definition) is 3. The topological polar surface area (TPSA) is 29.3 Å². The molecule has 2 N–H and O–H groups in total. The van der Waals surface area contributed by atoms with Crippen molar-refractivity contribution >= 4 is 11.8 Å². The van der Waals surface area contributed by atoms with Gasteiger partial charge in [-0.3, -0.25) is 4.90 Å². The average molecular weight is 264 g/mol. The zero-order valence-electron chi connectivity index (χ0n) is 11.6. The van der Waals surface area contributed by atoms with Crippen LogP contribution >= 0.6 is 11.8 Å². The Balaban J connectivity index is 2.21. The predicted octanol–water partition coefficient (Wildman–Crippen LogP) is 2.74. The molecule has 0 amide bonds. The van der Waals surface area contributed by atoms with Gasteiger partial charge in [0.2, 0.25) is 0 Å². The maximum atomic E-state index is 6.04. The van der Waals surface area contributed by atoms with Gasteiger partial charge in [-0.1, -0.05) is 30.7 Å². The minimum atomic E-state index is 0.383. The molecule has 0 aliphatic carbocycles. The molecule has 100 valence electrons. The molecule has 1 fully saturated rings. The van der Waals surface area contributed by atoms with Crippen LogP contribution in [0.15, 0.2) is 18.2 Å². The molecule has 0 bridgehead atoms. The second-order valence-corrected chi connectivity index (χ2v) is 6.83. The van der Waals surface area contributed by atoms with Gasteiger partial charge in [0.25, 0.3) is 0 Å². The second-order valence-electron chi connectivity index (χ2n) is 5.29. The molecule has 1 aliphatic heterocycles. The Morgan fingerprint density at radius 2 is 2.22 bits per heavy atom. The van der Waals surface area contributed by atoms with Gasteiger partial charge in [-0.2, -0.15) is 11.8 Å². The number of nitrogens with two attached hydrogens (primary N) is 1. The fourth-order valence-electron chi connectivity index (χ4n) is 2.80. The molecule has 1 heterocycles. The Hall–Kier alpha value is -0.510. The largest absolute Gasteiger partial charge is 0.329 e. The number of hydrogen-bond donors (Lipinski definition) is 1. The van der Waals surface area contributed by atoms with Gasteiger partial charge >= 0.3 is 0 Å². The molecule has 1 saturated heterocycles. The van der Waals surface area contributed by atoms with Gasteiger partial charge in [-0.15, -0.1) is 0 Å². The van der Waals surface area contributed by atoms with Crippen molar-refractivity contribution < 1.29 is 0 Å². The molecule has 0 spiro atoms. The summed E-state index contributed by atoms with van der Waals surface area (Å²) in [6.07, 6.45) is 0. The van der Waals surface area contributed by atoms with Crippen LogP contribution in [0.25, 0.3) is 0 Å². The SMILES string of the molecule is Cc1ccc(C(CN)N2CCSC(C)C2)c(C)c1. The Bertz CT molecular complexity index is 405. The summed E-state index contributed by atoms with van der Waals surface area (Å²) >= 11 is 2.07. The minimum absolute atomic E-state index is 0.383.